The van der Waals surface area contributed by atoms with Crippen LogP contribution in [0.5, 0.6) is 5.75 Å². The van der Waals surface area contributed by atoms with Crippen molar-refractivity contribution in [1.29, 1.82) is 5.26 Å². The smallest absolute Gasteiger partial charge is 0.266 e. The number of aromatic amines is 1. The van der Waals surface area contributed by atoms with E-state index in [1.165, 1.54) is 0 Å². The molecule has 0 saturated carbocycles. The highest BCUT2D eigenvalue weighted by Gasteiger charge is 2.14. The minimum Gasteiger partial charge on any atom is -0.496 e. The van der Waals surface area contributed by atoms with E-state index in [1.807, 2.05) is 18.2 Å². The number of ether oxygens (including phenoxy) is 1. The Morgan fingerprint density at radius 2 is 2.05 bits per heavy atom. The van der Waals surface area contributed by atoms with Crippen molar-refractivity contribution in [2.45, 2.75) is 6.92 Å². The Morgan fingerprint density at radius 3 is 2.68 bits per heavy atom. The molecule has 2 aromatic rings. The molecule has 0 spiro atoms. The van der Waals surface area contributed by atoms with Gasteiger partial charge in [-0.15, -0.1) is 0 Å². The maximum absolute atomic E-state index is 11.8. The molecular weight excluding hydrogens is 308 g/mol. The summed E-state index contributed by atoms with van der Waals surface area (Å²) in [5.74, 6) is 0.615. The van der Waals surface area contributed by atoms with Crippen LogP contribution < -0.4 is 10.3 Å². The van der Waals surface area contributed by atoms with Gasteiger partial charge in [-0.3, -0.25) is 4.79 Å². The van der Waals surface area contributed by atoms with Gasteiger partial charge in [0, 0.05) is 21.3 Å². The maximum Gasteiger partial charge on any atom is 0.266 e. The van der Waals surface area contributed by atoms with E-state index in [-0.39, 0.29) is 11.1 Å². The third kappa shape index (κ3) is 2.54. The molecule has 0 saturated heterocycles. The van der Waals surface area contributed by atoms with E-state index in [0.29, 0.717) is 22.6 Å². The van der Waals surface area contributed by atoms with Crippen molar-refractivity contribution in [3.8, 4) is 22.9 Å². The zero-order valence-electron chi connectivity index (χ0n) is 10.5. The highest BCUT2D eigenvalue weighted by molar-refractivity contribution is 9.10. The summed E-state index contributed by atoms with van der Waals surface area (Å²) < 4.78 is 6.14. The number of H-pyrrole nitrogens is 1. The van der Waals surface area contributed by atoms with Gasteiger partial charge in [-0.05, 0) is 31.2 Å². The number of benzene rings is 1. The molecule has 0 fully saturated rings. The van der Waals surface area contributed by atoms with Gasteiger partial charge in [0.1, 0.15) is 17.4 Å². The Hall–Kier alpha value is -2.06. The molecule has 1 heterocycles. The first kappa shape index (κ1) is 13.4. The van der Waals surface area contributed by atoms with Gasteiger partial charge in [-0.2, -0.15) is 5.26 Å². The van der Waals surface area contributed by atoms with Crippen molar-refractivity contribution in [2.24, 2.45) is 0 Å². The average Bonchev–Trinajstić information content (AvgIpc) is 2.37. The average molecular weight is 319 g/mol. The third-order valence-electron chi connectivity index (χ3n) is 2.73. The summed E-state index contributed by atoms with van der Waals surface area (Å²) in [6, 6.07) is 9.17. The zero-order chi connectivity index (χ0) is 14.0. The molecule has 0 aliphatic carbocycles. The molecule has 0 bridgehead atoms. The first-order chi connectivity index (χ1) is 9.06. The maximum atomic E-state index is 11.8. The van der Waals surface area contributed by atoms with E-state index in [1.54, 1.807) is 26.2 Å². The summed E-state index contributed by atoms with van der Waals surface area (Å²) in [6.07, 6.45) is 0. The quantitative estimate of drug-likeness (QED) is 0.925. The number of nitriles is 1. The van der Waals surface area contributed by atoms with Crippen molar-refractivity contribution in [3.05, 3.63) is 50.3 Å². The van der Waals surface area contributed by atoms with Gasteiger partial charge in [-0.1, -0.05) is 15.9 Å². The molecular formula is C14H11BrN2O2. The Labute approximate surface area is 118 Å². The number of nitrogens with zero attached hydrogens (tertiary/aromatic N) is 1. The fraction of sp³-hybridized carbons (Fsp3) is 0.143. The number of hydrogen-bond donors (Lipinski definition) is 1. The van der Waals surface area contributed by atoms with Gasteiger partial charge in [0.05, 0.1) is 7.11 Å². The van der Waals surface area contributed by atoms with E-state index in [9.17, 15) is 4.79 Å². The van der Waals surface area contributed by atoms with Crippen LogP contribution >= 0.6 is 15.9 Å². The highest BCUT2D eigenvalue weighted by atomic mass is 79.9. The second-order valence-electron chi connectivity index (χ2n) is 4.03. The molecule has 0 aliphatic heterocycles. The summed E-state index contributed by atoms with van der Waals surface area (Å²) in [5.41, 5.74) is 1.67. The number of hydrogen-bond acceptors (Lipinski definition) is 3. The molecule has 0 radical (unpaired) electrons. The number of rotatable bonds is 2. The summed E-state index contributed by atoms with van der Waals surface area (Å²) in [7, 11) is 1.55. The fourth-order valence-corrected chi connectivity index (χ4v) is 2.26. The minimum absolute atomic E-state index is 0.0852. The summed E-state index contributed by atoms with van der Waals surface area (Å²) >= 11 is 3.38. The van der Waals surface area contributed by atoms with Crippen LogP contribution in [0.2, 0.25) is 0 Å². The van der Waals surface area contributed by atoms with Gasteiger partial charge in [-0.25, -0.2) is 0 Å². The Bertz CT molecular complexity index is 729. The molecule has 5 heteroatoms. The lowest BCUT2D eigenvalue weighted by atomic mass is 10.0. The van der Waals surface area contributed by atoms with Crippen molar-refractivity contribution in [1.82, 2.24) is 4.98 Å². The SMILES string of the molecule is COc1ccc(Br)cc1-c1cc(C)[nH]c(=O)c1C#N. The van der Waals surface area contributed by atoms with Gasteiger partial charge >= 0.3 is 0 Å². The summed E-state index contributed by atoms with van der Waals surface area (Å²) in [4.78, 5) is 14.4. The van der Waals surface area contributed by atoms with E-state index >= 15 is 0 Å². The minimum atomic E-state index is -0.389. The molecule has 1 aromatic carbocycles. The largest absolute Gasteiger partial charge is 0.496 e. The molecule has 96 valence electrons. The molecule has 4 nitrogen and oxygen atoms in total. The van der Waals surface area contributed by atoms with Gasteiger partial charge in [0.2, 0.25) is 0 Å². The molecule has 1 N–H and O–H groups in total. The Morgan fingerprint density at radius 1 is 1.32 bits per heavy atom. The molecule has 0 aliphatic rings. The Kier molecular flexibility index (Phi) is 3.72. The number of pyridine rings is 1. The van der Waals surface area contributed by atoms with Gasteiger partial charge < -0.3 is 9.72 Å². The second kappa shape index (κ2) is 5.29. The number of aryl methyl sites for hydroxylation is 1. The van der Waals surface area contributed by atoms with Crippen LogP contribution in [0.3, 0.4) is 0 Å². The molecule has 0 unspecified atom stereocenters. The number of aromatic nitrogens is 1. The second-order valence-corrected chi connectivity index (χ2v) is 4.94. The van der Waals surface area contributed by atoms with Crippen LogP contribution in [0, 0.1) is 18.3 Å². The fourth-order valence-electron chi connectivity index (χ4n) is 1.90. The Balaban J connectivity index is 2.82. The third-order valence-corrected chi connectivity index (χ3v) is 3.22. The van der Waals surface area contributed by atoms with Crippen LogP contribution in [0.1, 0.15) is 11.3 Å². The van der Waals surface area contributed by atoms with Crippen molar-refractivity contribution >= 4 is 15.9 Å². The summed E-state index contributed by atoms with van der Waals surface area (Å²) in [6.45, 7) is 1.77. The zero-order valence-corrected chi connectivity index (χ0v) is 12.0. The standard InChI is InChI=1S/C14H11BrN2O2/c1-8-5-10(12(7-16)14(18)17-8)11-6-9(15)3-4-13(11)19-2/h3-6H,1-2H3,(H,17,18). The molecule has 0 amide bonds. The number of nitrogens with one attached hydrogen (secondary N) is 1. The van der Waals surface area contributed by atoms with Crippen LogP contribution in [0.25, 0.3) is 11.1 Å². The van der Waals surface area contributed by atoms with Gasteiger partial charge in [0.25, 0.3) is 5.56 Å². The topological polar surface area (TPSA) is 65.9 Å². The summed E-state index contributed by atoms with van der Waals surface area (Å²) in [5, 5.41) is 9.16. The normalized spacial score (nSPS) is 10.0. The van der Waals surface area contributed by atoms with Crippen LogP contribution in [0.4, 0.5) is 0 Å². The highest BCUT2D eigenvalue weighted by Crippen LogP contribution is 2.33. The van der Waals surface area contributed by atoms with Crippen molar-refractivity contribution < 1.29 is 4.74 Å². The molecule has 2 rings (SSSR count). The number of halogens is 1. The predicted molar refractivity (Wildman–Crippen MR) is 76.2 cm³/mol. The lowest BCUT2D eigenvalue weighted by Gasteiger charge is -2.11. The van der Waals surface area contributed by atoms with Crippen LogP contribution in [0.15, 0.2) is 33.5 Å². The molecule has 1 aromatic heterocycles. The van der Waals surface area contributed by atoms with E-state index in [2.05, 4.69) is 20.9 Å². The van der Waals surface area contributed by atoms with Gasteiger partial charge in [0.15, 0.2) is 0 Å². The molecule has 0 atom stereocenters. The number of methoxy groups -OCH3 is 1. The van der Waals surface area contributed by atoms with Crippen molar-refractivity contribution in [2.75, 3.05) is 7.11 Å². The first-order valence-corrected chi connectivity index (χ1v) is 6.34. The lowest BCUT2D eigenvalue weighted by Crippen LogP contribution is -2.12. The lowest BCUT2D eigenvalue weighted by molar-refractivity contribution is 0.416. The van der Waals surface area contributed by atoms with Crippen molar-refractivity contribution in [3.63, 3.8) is 0 Å². The molecule has 19 heavy (non-hydrogen) atoms. The van der Waals surface area contributed by atoms with Crippen LogP contribution in [-0.4, -0.2) is 12.1 Å². The van der Waals surface area contributed by atoms with Crippen LogP contribution in [-0.2, 0) is 0 Å². The monoisotopic (exact) mass is 318 g/mol. The van der Waals surface area contributed by atoms with E-state index in [0.717, 1.165) is 4.47 Å². The van der Waals surface area contributed by atoms with E-state index in [4.69, 9.17) is 10.00 Å². The first-order valence-electron chi connectivity index (χ1n) is 5.54. The predicted octanol–water partition coefficient (Wildman–Crippen LogP) is 2.99. The van der Waals surface area contributed by atoms with E-state index < -0.39 is 0 Å².